The zero-order valence-electron chi connectivity index (χ0n) is 11.8. The van der Waals surface area contributed by atoms with Gasteiger partial charge in [0.1, 0.15) is 5.52 Å². The van der Waals surface area contributed by atoms with Crippen LogP contribution in [0.25, 0.3) is 11.1 Å². The third-order valence-corrected chi connectivity index (χ3v) is 4.13. The summed E-state index contributed by atoms with van der Waals surface area (Å²) in [6.07, 6.45) is 5.76. The molecule has 0 N–H and O–H groups in total. The van der Waals surface area contributed by atoms with Crippen molar-refractivity contribution in [2.75, 3.05) is 0 Å². The molecule has 104 valence electrons. The molecular formula is C16H18N2O2. The van der Waals surface area contributed by atoms with E-state index in [9.17, 15) is 4.79 Å². The van der Waals surface area contributed by atoms with E-state index in [1.807, 2.05) is 18.2 Å². The van der Waals surface area contributed by atoms with Crippen LogP contribution >= 0.6 is 0 Å². The Morgan fingerprint density at radius 1 is 1.35 bits per heavy atom. The number of aromatic nitrogens is 1. The summed E-state index contributed by atoms with van der Waals surface area (Å²) in [6.45, 7) is 4.11. The average molecular weight is 270 g/mol. The van der Waals surface area contributed by atoms with Gasteiger partial charge in [0.15, 0.2) is 11.5 Å². The first-order valence-electron chi connectivity index (χ1n) is 7.15. The Morgan fingerprint density at radius 3 is 2.75 bits per heavy atom. The van der Waals surface area contributed by atoms with E-state index >= 15 is 0 Å². The van der Waals surface area contributed by atoms with Gasteiger partial charge in [-0.3, -0.25) is 0 Å². The molecule has 1 fully saturated rings. The molecule has 0 unspecified atom stereocenters. The third kappa shape index (κ3) is 2.06. The standard InChI is InChI=1S/C16H18N2O2/c1-11(2)15-18-13-9-12(5-6-14(13)20-15)16(17-10-19)7-3-4-8-16/h5-6,9,11H,3-4,7-8H2,1-2H3. The maximum absolute atomic E-state index is 10.8. The molecule has 1 aromatic carbocycles. The molecule has 0 spiro atoms. The Bertz CT molecular complexity index is 675. The van der Waals surface area contributed by atoms with Crippen molar-refractivity contribution >= 4 is 17.2 Å². The number of hydrogen-bond acceptors (Lipinski definition) is 4. The summed E-state index contributed by atoms with van der Waals surface area (Å²) in [4.78, 5) is 19.4. The zero-order valence-corrected chi connectivity index (χ0v) is 11.8. The summed E-state index contributed by atoms with van der Waals surface area (Å²) in [7, 11) is 0. The van der Waals surface area contributed by atoms with E-state index in [1.54, 1.807) is 6.08 Å². The molecule has 4 heteroatoms. The Kier molecular flexibility index (Phi) is 3.19. The summed E-state index contributed by atoms with van der Waals surface area (Å²) >= 11 is 0. The molecule has 2 aromatic rings. The smallest absolute Gasteiger partial charge is 0.235 e. The molecule has 20 heavy (non-hydrogen) atoms. The first kappa shape index (κ1) is 13.1. The fourth-order valence-corrected chi connectivity index (χ4v) is 2.99. The molecule has 0 radical (unpaired) electrons. The fraction of sp³-hybridized carbons (Fsp3) is 0.500. The van der Waals surface area contributed by atoms with Crippen LogP contribution in [-0.2, 0) is 10.3 Å². The average Bonchev–Trinajstić information content (AvgIpc) is 3.04. The van der Waals surface area contributed by atoms with E-state index in [0.29, 0.717) is 0 Å². The molecule has 0 amide bonds. The Hall–Kier alpha value is -1.93. The number of oxazole rings is 1. The van der Waals surface area contributed by atoms with Gasteiger partial charge in [-0.15, -0.1) is 0 Å². The van der Waals surface area contributed by atoms with Crippen molar-refractivity contribution in [1.82, 2.24) is 4.98 Å². The van der Waals surface area contributed by atoms with E-state index in [2.05, 4.69) is 23.8 Å². The fourth-order valence-electron chi connectivity index (χ4n) is 2.99. The minimum atomic E-state index is -0.396. The van der Waals surface area contributed by atoms with E-state index < -0.39 is 5.54 Å². The van der Waals surface area contributed by atoms with Gasteiger partial charge in [0.2, 0.25) is 6.08 Å². The van der Waals surface area contributed by atoms with Gasteiger partial charge in [-0.2, -0.15) is 4.99 Å². The number of aliphatic imine (C=N–C) groups is 1. The maximum Gasteiger partial charge on any atom is 0.235 e. The highest BCUT2D eigenvalue weighted by atomic mass is 16.3. The maximum atomic E-state index is 10.8. The van der Waals surface area contributed by atoms with E-state index in [-0.39, 0.29) is 5.92 Å². The Morgan fingerprint density at radius 2 is 2.10 bits per heavy atom. The SMILES string of the molecule is CC(C)c1nc2cc(C3(N=C=O)CCCC3)ccc2o1. The lowest BCUT2D eigenvalue weighted by atomic mass is 9.89. The van der Waals surface area contributed by atoms with Gasteiger partial charge in [0, 0.05) is 5.92 Å². The number of hydrogen-bond donors (Lipinski definition) is 0. The molecule has 0 saturated heterocycles. The molecule has 0 bridgehead atoms. The molecule has 3 rings (SSSR count). The van der Waals surface area contributed by atoms with Crippen molar-refractivity contribution in [3.05, 3.63) is 29.7 Å². The number of fused-ring (bicyclic) bond motifs is 1. The lowest BCUT2D eigenvalue weighted by Gasteiger charge is -2.22. The van der Waals surface area contributed by atoms with Gasteiger partial charge >= 0.3 is 0 Å². The second-order valence-electron chi connectivity index (χ2n) is 5.83. The van der Waals surface area contributed by atoms with Crippen molar-refractivity contribution in [2.24, 2.45) is 4.99 Å². The van der Waals surface area contributed by atoms with Crippen LogP contribution in [0.15, 0.2) is 27.6 Å². The van der Waals surface area contributed by atoms with Crippen LogP contribution < -0.4 is 0 Å². The highest BCUT2D eigenvalue weighted by Gasteiger charge is 2.36. The molecule has 1 heterocycles. The second kappa shape index (κ2) is 4.88. The monoisotopic (exact) mass is 270 g/mol. The lowest BCUT2D eigenvalue weighted by Crippen LogP contribution is -2.18. The van der Waals surface area contributed by atoms with Crippen LogP contribution in [-0.4, -0.2) is 11.1 Å². The van der Waals surface area contributed by atoms with Crippen LogP contribution in [0.5, 0.6) is 0 Å². The van der Waals surface area contributed by atoms with Gasteiger partial charge in [0.25, 0.3) is 0 Å². The molecular weight excluding hydrogens is 252 g/mol. The summed E-state index contributed by atoms with van der Waals surface area (Å²) in [6, 6.07) is 5.95. The van der Waals surface area contributed by atoms with Crippen LogP contribution in [0.2, 0.25) is 0 Å². The normalized spacial score (nSPS) is 17.6. The van der Waals surface area contributed by atoms with Gasteiger partial charge in [-0.1, -0.05) is 32.8 Å². The Balaban J connectivity index is 2.09. The zero-order chi connectivity index (χ0) is 14.2. The van der Waals surface area contributed by atoms with Crippen molar-refractivity contribution in [2.45, 2.75) is 51.0 Å². The first-order chi connectivity index (χ1) is 9.64. The summed E-state index contributed by atoms with van der Waals surface area (Å²) in [5.74, 6) is 1.01. The van der Waals surface area contributed by atoms with Crippen molar-refractivity contribution in [3.63, 3.8) is 0 Å². The van der Waals surface area contributed by atoms with Crippen LogP contribution in [0, 0.1) is 0 Å². The minimum Gasteiger partial charge on any atom is -0.440 e. The third-order valence-electron chi connectivity index (χ3n) is 4.13. The molecule has 1 aliphatic rings. The highest BCUT2D eigenvalue weighted by Crippen LogP contribution is 2.42. The molecule has 1 saturated carbocycles. The number of isocyanates is 1. The lowest BCUT2D eigenvalue weighted by molar-refractivity contribution is 0.456. The summed E-state index contributed by atoms with van der Waals surface area (Å²) in [5, 5.41) is 0. The number of benzene rings is 1. The minimum absolute atomic E-state index is 0.263. The summed E-state index contributed by atoms with van der Waals surface area (Å²) < 4.78 is 5.72. The predicted molar refractivity (Wildman–Crippen MR) is 76.4 cm³/mol. The Labute approximate surface area is 117 Å². The number of carbonyl (C=O) groups excluding carboxylic acids is 1. The molecule has 1 aliphatic carbocycles. The highest BCUT2D eigenvalue weighted by molar-refractivity contribution is 5.74. The molecule has 1 aromatic heterocycles. The molecule has 0 atom stereocenters. The van der Waals surface area contributed by atoms with Gasteiger partial charge in [-0.05, 0) is 30.5 Å². The quantitative estimate of drug-likeness (QED) is 0.624. The van der Waals surface area contributed by atoms with Gasteiger partial charge in [-0.25, -0.2) is 9.78 Å². The van der Waals surface area contributed by atoms with Crippen LogP contribution in [0.3, 0.4) is 0 Å². The van der Waals surface area contributed by atoms with Crippen LogP contribution in [0.4, 0.5) is 0 Å². The molecule has 4 nitrogen and oxygen atoms in total. The van der Waals surface area contributed by atoms with E-state index in [0.717, 1.165) is 48.2 Å². The van der Waals surface area contributed by atoms with Gasteiger partial charge < -0.3 is 4.42 Å². The predicted octanol–water partition coefficient (Wildman–Crippen LogP) is 4.06. The largest absolute Gasteiger partial charge is 0.440 e. The van der Waals surface area contributed by atoms with Crippen molar-refractivity contribution < 1.29 is 9.21 Å². The van der Waals surface area contributed by atoms with E-state index in [1.165, 1.54) is 0 Å². The topological polar surface area (TPSA) is 55.5 Å². The van der Waals surface area contributed by atoms with Crippen molar-refractivity contribution in [3.8, 4) is 0 Å². The van der Waals surface area contributed by atoms with Crippen LogP contribution in [0.1, 0.15) is 56.9 Å². The molecule has 0 aliphatic heterocycles. The van der Waals surface area contributed by atoms with Crippen molar-refractivity contribution in [1.29, 1.82) is 0 Å². The van der Waals surface area contributed by atoms with E-state index in [4.69, 9.17) is 4.42 Å². The number of nitrogens with zero attached hydrogens (tertiary/aromatic N) is 2. The second-order valence-corrected chi connectivity index (χ2v) is 5.83. The summed E-state index contributed by atoms with van der Waals surface area (Å²) in [5.41, 5.74) is 2.29. The van der Waals surface area contributed by atoms with Gasteiger partial charge in [0.05, 0.1) is 5.54 Å². The number of rotatable bonds is 3. The first-order valence-corrected chi connectivity index (χ1v) is 7.15.